The lowest BCUT2D eigenvalue weighted by atomic mass is 10.1. The zero-order chi connectivity index (χ0) is 19.1. The number of nitrogens with one attached hydrogen (secondary N) is 1. The van der Waals surface area contributed by atoms with Gasteiger partial charge >= 0.3 is 0 Å². The molecule has 0 radical (unpaired) electrons. The first-order valence-electron chi connectivity index (χ1n) is 8.29. The summed E-state index contributed by atoms with van der Waals surface area (Å²) in [5.74, 6) is -0.104. The summed E-state index contributed by atoms with van der Waals surface area (Å²) in [6.07, 6.45) is 0.681. The molecule has 5 nitrogen and oxygen atoms in total. The Hall–Kier alpha value is -1.83. The van der Waals surface area contributed by atoms with Crippen LogP contribution >= 0.6 is 11.8 Å². The Kier molecular flexibility index (Phi) is 5.14. The minimum Gasteiger partial charge on any atom is -0.325 e. The van der Waals surface area contributed by atoms with Gasteiger partial charge in [-0.15, -0.1) is 11.8 Å². The molecule has 2 aromatic carbocycles. The number of aryl methyl sites for hydroxylation is 1. The maximum atomic E-state index is 12.7. The first-order valence-corrected chi connectivity index (χ1v) is 10.6. The molecule has 1 aliphatic heterocycles. The van der Waals surface area contributed by atoms with Crippen LogP contribution in [0.3, 0.4) is 0 Å². The van der Waals surface area contributed by atoms with Crippen LogP contribution in [0.4, 0.5) is 5.69 Å². The van der Waals surface area contributed by atoms with E-state index in [1.807, 2.05) is 38.1 Å². The Labute approximate surface area is 158 Å². The highest BCUT2D eigenvalue weighted by atomic mass is 32.2. The predicted molar refractivity (Wildman–Crippen MR) is 105 cm³/mol. The van der Waals surface area contributed by atoms with Gasteiger partial charge in [0.1, 0.15) is 0 Å². The van der Waals surface area contributed by atoms with E-state index in [0.717, 1.165) is 16.0 Å². The lowest BCUT2D eigenvalue weighted by molar-refractivity contribution is -0.115. The van der Waals surface area contributed by atoms with Crippen molar-refractivity contribution >= 4 is 33.4 Å². The quantitative estimate of drug-likeness (QED) is 0.871. The fourth-order valence-electron chi connectivity index (χ4n) is 2.86. The predicted octanol–water partition coefficient (Wildman–Crippen LogP) is 3.21. The Morgan fingerprint density at radius 1 is 1.19 bits per heavy atom. The van der Waals surface area contributed by atoms with Crippen LogP contribution in [-0.4, -0.2) is 38.0 Å². The van der Waals surface area contributed by atoms with Crippen LogP contribution in [-0.2, 0) is 21.2 Å². The normalized spacial score (nSPS) is 16.6. The van der Waals surface area contributed by atoms with Gasteiger partial charge in [0.2, 0.25) is 15.9 Å². The van der Waals surface area contributed by atoms with Crippen LogP contribution in [0.2, 0.25) is 0 Å². The second kappa shape index (κ2) is 7.06. The van der Waals surface area contributed by atoms with Gasteiger partial charge in [0.15, 0.2) is 0 Å². The molecule has 3 rings (SSSR count). The molecule has 1 amide bonds. The summed E-state index contributed by atoms with van der Waals surface area (Å²) in [7, 11) is -0.570. The number of anilines is 1. The number of nitrogens with zero attached hydrogens (tertiary/aromatic N) is 1. The Bertz CT molecular complexity index is 944. The molecule has 0 spiro atoms. The number of hydrogen-bond acceptors (Lipinski definition) is 4. The molecule has 0 aliphatic carbocycles. The van der Waals surface area contributed by atoms with E-state index in [0.29, 0.717) is 12.1 Å². The van der Waals surface area contributed by atoms with Crippen molar-refractivity contribution in [2.75, 3.05) is 19.4 Å². The number of carbonyl (C=O) groups excluding carboxylic acids is 1. The molecular formula is C19H22N2O3S2. The van der Waals surface area contributed by atoms with Gasteiger partial charge in [-0.2, -0.15) is 0 Å². The molecule has 0 unspecified atom stereocenters. The molecular weight excluding hydrogens is 368 g/mol. The van der Waals surface area contributed by atoms with Crippen LogP contribution in [0.1, 0.15) is 16.7 Å². The van der Waals surface area contributed by atoms with Crippen molar-refractivity contribution in [3.05, 3.63) is 53.1 Å². The summed E-state index contributed by atoms with van der Waals surface area (Å²) in [6.45, 7) is 3.73. The Morgan fingerprint density at radius 3 is 2.54 bits per heavy atom. The maximum absolute atomic E-state index is 12.7. The van der Waals surface area contributed by atoms with E-state index in [1.165, 1.54) is 24.0 Å². The highest BCUT2D eigenvalue weighted by Crippen LogP contribution is 2.37. The van der Waals surface area contributed by atoms with E-state index in [1.54, 1.807) is 23.9 Å². The average molecular weight is 391 g/mol. The van der Waals surface area contributed by atoms with Crippen molar-refractivity contribution in [2.45, 2.75) is 35.3 Å². The molecule has 26 heavy (non-hydrogen) atoms. The average Bonchev–Trinajstić information content (AvgIpc) is 3.02. The zero-order valence-electron chi connectivity index (χ0n) is 15.2. The summed E-state index contributed by atoms with van der Waals surface area (Å²) in [4.78, 5) is 14.1. The van der Waals surface area contributed by atoms with E-state index in [2.05, 4.69) is 5.32 Å². The van der Waals surface area contributed by atoms with Crippen LogP contribution in [0.5, 0.6) is 0 Å². The number of hydrogen-bond donors (Lipinski definition) is 1. The molecule has 0 aromatic heterocycles. The highest BCUT2D eigenvalue weighted by molar-refractivity contribution is 8.01. The molecule has 0 bridgehead atoms. The van der Waals surface area contributed by atoms with E-state index in [4.69, 9.17) is 0 Å². The van der Waals surface area contributed by atoms with Crippen LogP contribution in [0, 0.1) is 13.8 Å². The van der Waals surface area contributed by atoms with Crippen molar-refractivity contribution in [3.8, 4) is 0 Å². The number of rotatable bonds is 4. The number of carbonyl (C=O) groups is 1. The number of thioether (sulfide) groups is 1. The SMILES string of the molecule is Cc1cc(S(=O)(=O)N(C)C)cc(NC(=O)[C@H]2Cc3ccccc3S2)c1C. The van der Waals surface area contributed by atoms with Crippen molar-refractivity contribution < 1.29 is 13.2 Å². The number of fused-ring (bicyclic) bond motifs is 1. The minimum atomic E-state index is -3.56. The zero-order valence-corrected chi connectivity index (χ0v) is 16.9. The second-order valence-electron chi connectivity index (χ2n) is 6.61. The van der Waals surface area contributed by atoms with E-state index < -0.39 is 10.0 Å². The van der Waals surface area contributed by atoms with Crippen molar-refractivity contribution in [2.24, 2.45) is 0 Å². The van der Waals surface area contributed by atoms with Crippen molar-refractivity contribution in [1.29, 1.82) is 0 Å². The fourth-order valence-corrected chi connectivity index (χ4v) is 5.07. The molecule has 2 aromatic rings. The monoisotopic (exact) mass is 390 g/mol. The molecule has 7 heteroatoms. The van der Waals surface area contributed by atoms with Gasteiger partial charge in [-0.05, 0) is 55.2 Å². The van der Waals surface area contributed by atoms with Crippen molar-refractivity contribution in [3.63, 3.8) is 0 Å². The molecule has 0 saturated carbocycles. The number of benzene rings is 2. The molecule has 1 heterocycles. The topological polar surface area (TPSA) is 66.5 Å². The summed E-state index contributed by atoms with van der Waals surface area (Å²) >= 11 is 1.55. The smallest absolute Gasteiger partial charge is 0.242 e. The van der Waals surface area contributed by atoms with Crippen LogP contribution in [0.15, 0.2) is 46.2 Å². The summed E-state index contributed by atoms with van der Waals surface area (Å²) in [6, 6.07) is 11.2. The molecule has 0 fully saturated rings. The third-order valence-corrected chi connectivity index (χ3v) is 7.73. The van der Waals surface area contributed by atoms with Crippen molar-refractivity contribution in [1.82, 2.24) is 4.31 Å². The summed E-state index contributed by atoms with van der Waals surface area (Å²) < 4.78 is 26.1. The van der Waals surface area contributed by atoms with Gasteiger partial charge in [0.25, 0.3) is 0 Å². The molecule has 1 N–H and O–H groups in total. The third-order valence-electron chi connectivity index (χ3n) is 4.62. The van der Waals surface area contributed by atoms with Crippen LogP contribution < -0.4 is 5.32 Å². The van der Waals surface area contributed by atoms with E-state index in [-0.39, 0.29) is 16.1 Å². The first-order chi connectivity index (χ1) is 12.2. The first kappa shape index (κ1) is 18.9. The van der Waals surface area contributed by atoms with Gasteiger partial charge in [-0.3, -0.25) is 4.79 Å². The highest BCUT2D eigenvalue weighted by Gasteiger charge is 2.29. The maximum Gasteiger partial charge on any atom is 0.242 e. The Morgan fingerprint density at radius 2 is 1.88 bits per heavy atom. The van der Waals surface area contributed by atoms with Crippen LogP contribution in [0.25, 0.3) is 0 Å². The van der Waals surface area contributed by atoms with Gasteiger partial charge in [-0.1, -0.05) is 18.2 Å². The van der Waals surface area contributed by atoms with E-state index >= 15 is 0 Å². The molecule has 138 valence electrons. The molecule has 1 aliphatic rings. The third kappa shape index (κ3) is 3.51. The van der Waals surface area contributed by atoms with E-state index in [9.17, 15) is 13.2 Å². The van der Waals surface area contributed by atoms with Gasteiger partial charge in [0, 0.05) is 24.7 Å². The molecule has 1 atom stereocenters. The Balaban J connectivity index is 1.86. The van der Waals surface area contributed by atoms with Gasteiger partial charge in [-0.25, -0.2) is 12.7 Å². The largest absolute Gasteiger partial charge is 0.325 e. The lowest BCUT2D eigenvalue weighted by Crippen LogP contribution is -2.26. The molecule has 0 saturated heterocycles. The van der Waals surface area contributed by atoms with Gasteiger partial charge in [0.05, 0.1) is 10.1 Å². The lowest BCUT2D eigenvalue weighted by Gasteiger charge is -2.17. The van der Waals surface area contributed by atoms with Gasteiger partial charge < -0.3 is 5.32 Å². The second-order valence-corrected chi connectivity index (χ2v) is 10.0. The number of amides is 1. The summed E-state index contributed by atoms with van der Waals surface area (Å²) in [5.41, 5.74) is 3.42. The number of sulfonamides is 1. The minimum absolute atomic E-state index is 0.104. The summed E-state index contributed by atoms with van der Waals surface area (Å²) in [5, 5.41) is 2.73. The fraction of sp³-hybridized carbons (Fsp3) is 0.316. The standard InChI is InChI=1S/C19H22N2O3S2/c1-12-9-15(26(23,24)21(3)4)11-16(13(12)2)20-19(22)18-10-14-7-5-6-8-17(14)25-18/h5-9,11,18H,10H2,1-4H3,(H,20,22)/t18-/m1/s1.